The lowest BCUT2D eigenvalue weighted by atomic mass is 9.99. The second kappa shape index (κ2) is 6.83. The molecule has 1 unspecified atom stereocenters. The molecule has 2 aromatic carbocycles. The van der Waals surface area contributed by atoms with Crippen LogP contribution in [0.2, 0.25) is 0 Å². The van der Waals surface area contributed by atoms with E-state index in [1.54, 1.807) is 6.21 Å². The van der Waals surface area contributed by atoms with Gasteiger partial charge in [-0.25, -0.2) is 9.98 Å². The number of benzene rings is 2. The summed E-state index contributed by atoms with van der Waals surface area (Å²) in [5.41, 5.74) is 2.59. The smallest absolute Gasteiger partial charge is 0.318 e. The van der Waals surface area contributed by atoms with Crippen LogP contribution in [-0.4, -0.2) is 25.1 Å². The molecule has 0 amide bonds. The molecule has 1 atom stereocenters. The fourth-order valence-corrected chi connectivity index (χ4v) is 2.37. The summed E-state index contributed by atoms with van der Waals surface area (Å²) in [7, 11) is 1.38. The number of nitrogens with zero attached hydrogens (tertiary/aromatic N) is 2. The summed E-state index contributed by atoms with van der Waals surface area (Å²) in [6.45, 7) is 0. The van der Waals surface area contributed by atoms with Gasteiger partial charge in [-0.3, -0.25) is 4.79 Å². The Hall–Kier alpha value is -3.01. The van der Waals surface area contributed by atoms with E-state index in [2.05, 4.69) is 9.98 Å². The van der Waals surface area contributed by atoms with Gasteiger partial charge in [0.25, 0.3) is 0 Å². The zero-order chi connectivity index (χ0) is 16.1. The van der Waals surface area contributed by atoms with Crippen molar-refractivity contribution in [3.8, 4) is 0 Å². The third-order valence-corrected chi connectivity index (χ3v) is 3.54. The summed E-state index contributed by atoms with van der Waals surface area (Å²) in [6, 6.07) is 17.4. The number of carbonyl (C=O) groups excluding carboxylic acids is 1. The van der Waals surface area contributed by atoms with Crippen molar-refractivity contribution >= 4 is 29.8 Å². The summed E-state index contributed by atoms with van der Waals surface area (Å²) in [6.07, 6.45) is 5.37. The Morgan fingerprint density at radius 1 is 1.04 bits per heavy atom. The van der Waals surface area contributed by atoms with Gasteiger partial charge in [0.2, 0.25) is 0 Å². The van der Waals surface area contributed by atoms with Crippen LogP contribution in [0.25, 0.3) is 6.08 Å². The Balaban J connectivity index is 1.96. The maximum Gasteiger partial charge on any atom is 0.318 e. The predicted octanol–water partition coefficient (Wildman–Crippen LogP) is 3.77. The summed E-state index contributed by atoms with van der Waals surface area (Å²) in [4.78, 5) is 20.9. The molecule has 0 saturated heterocycles. The second-order valence-electron chi connectivity index (χ2n) is 5.05. The quantitative estimate of drug-likeness (QED) is 0.810. The average Bonchev–Trinajstić information content (AvgIpc) is 2.79. The van der Waals surface area contributed by atoms with Crippen molar-refractivity contribution in [2.24, 2.45) is 9.98 Å². The normalized spacial score (nSPS) is 16.6. The zero-order valence-electron chi connectivity index (χ0n) is 12.7. The number of esters is 1. The Labute approximate surface area is 134 Å². The first kappa shape index (κ1) is 14.9. The molecule has 0 spiro atoms. The van der Waals surface area contributed by atoms with Crippen LogP contribution in [0, 0.1) is 0 Å². The molecule has 0 saturated carbocycles. The SMILES string of the molecule is COC(=O)C1C=NC(/C=C/c2ccccc2)=Nc2ccccc21. The first-order valence-electron chi connectivity index (χ1n) is 7.30. The van der Waals surface area contributed by atoms with Gasteiger partial charge in [0.1, 0.15) is 5.92 Å². The Morgan fingerprint density at radius 3 is 2.57 bits per heavy atom. The van der Waals surface area contributed by atoms with Gasteiger partial charge in [0, 0.05) is 6.21 Å². The van der Waals surface area contributed by atoms with E-state index in [1.165, 1.54) is 7.11 Å². The van der Waals surface area contributed by atoms with Crippen molar-refractivity contribution < 1.29 is 9.53 Å². The summed E-state index contributed by atoms with van der Waals surface area (Å²) >= 11 is 0. The molecule has 4 nitrogen and oxygen atoms in total. The summed E-state index contributed by atoms with van der Waals surface area (Å²) in [5.74, 6) is -0.333. The molecule has 1 heterocycles. The topological polar surface area (TPSA) is 51.0 Å². The minimum absolute atomic E-state index is 0.343. The highest BCUT2D eigenvalue weighted by Crippen LogP contribution is 2.29. The van der Waals surface area contributed by atoms with E-state index in [-0.39, 0.29) is 5.97 Å². The Bertz CT molecular complexity index is 792. The predicted molar refractivity (Wildman–Crippen MR) is 92.3 cm³/mol. The molecular formula is C19H16N2O2. The molecule has 114 valence electrons. The van der Waals surface area contributed by atoms with Gasteiger partial charge in [-0.05, 0) is 23.3 Å². The maximum absolute atomic E-state index is 12.0. The minimum atomic E-state index is -0.539. The maximum atomic E-state index is 12.0. The number of aliphatic imine (C=N–C) groups is 2. The number of rotatable bonds is 3. The van der Waals surface area contributed by atoms with E-state index in [1.807, 2.05) is 66.7 Å². The number of hydrogen-bond donors (Lipinski definition) is 0. The molecular weight excluding hydrogens is 288 g/mol. The van der Waals surface area contributed by atoms with Crippen molar-refractivity contribution in [3.63, 3.8) is 0 Å². The van der Waals surface area contributed by atoms with Gasteiger partial charge >= 0.3 is 5.97 Å². The highest BCUT2D eigenvalue weighted by molar-refractivity contribution is 6.08. The molecule has 23 heavy (non-hydrogen) atoms. The highest BCUT2D eigenvalue weighted by atomic mass is 16.5. The van der Waals surface area contributed by atoms with Crippen LogP contribution in [0.5, 0.6) is 0 Å². The van der Waals surface area contributed by atoms with Gasteiger partial charge in [-0.2, -0.15) is 0 Å². The van der Waals surface area contributed by atoms with Crippen LogP contribution in [0.15, 0.2) is 70.7 Å². The molecule has 0 aliphatic carbocycles. The van der Waals surface area contributed by atoms with Crippen molar-refractivity contribution in [3.05, 3.63) is 71.8 Å². The number of fused-ring (bicyclic) bond motifs is 1. The molecule has 1 aliphatic heterocycles. The number of hydrogen-bond acceptors (Lipinski definition) is 4. The van der Waals surface area contributed by atoms with Crippen molar-refractivity contribution in [2.75, 3.05) is 7.11 Å². The molecule has 0 aromatic heterocycles. The molecule has 2 aromatic rings. The molecule has 0 fully saturated rings. The Kier molecular flexibility index (Phi) is 4.43. The number of carbonyl (C=O) groups is 1. The van der Waals surface area contributed by atoms with Gasteiger partial charge in [0.15, 0.2) is 5.84 Å². The van der Waals surface area contributed by atoms with Gasteiger partial charge in [0.05, 0.1) is 12.8 Å². The minimum Gasteiger partial charge on any atom is -0.468 e. The van der Waals surface area contributed by atoms with E-state index >= 15 is 0 Å². The average molecular weight is 304 g/mol. The highest BCUT2D eigenvalue weighted by Gasteiger charge is 2.23. The van der Waals surface area contributed by atoms with Crippen LogP contribution in [0.3, 0.4) is 0 Å². The first-order valence-corrected chi connectivity index (χ1v) is 7.30. The largest absolute Gasteiger partial charge is 0.468 e. The lowest BCUT2D eigenvalue weighted by Crippen LogP contribution is -2.15. The van der Waals surface area contributed by atoms with Gasteiger partial charge in [-0.1, -0.05) is 54.6 Å². The van der Waals surface area contributed by atoms with Crippen molar-refractivity contribution in [2.45, 2.75) is 5.92 Å². The number of amidine groups is 1. The monoisotopic (exact) mass is 304 g/mol. The lowest BCUT2D eigenvalue weighted by molar-refractivity contribution is -0.140. The van der Waals surface area contributed by atoms with E-state index in [0.29, 0.717) is 5.84 Å². The number of methoxy groups -OCH3 is 1. The van der Waals surface area contributed by atoms with Crippen LogP contribution in [0.1, 0.15) is 17.0 Å². The number of ether oxygens (including phenoxy) is 1. The number of para-hydroxylation sites is 1. The fourth-order valence-electron chi connectivity index (χ4n) is 2.37. The first-order chi connectivity index (χ1) is 11.3. The van der Waals surface area contributed by atoms with Crippen molar-refractivity contribution in [1.29, 1.82) is 0 Å². The molecule has 3 rings (SSSR count). The second-order valence-corrected chi connectivity index (χ2v) is 5.05. The summed E-state index contributed by atoms with van der Waals surface area (Å²) in [5, 5.41) is 0. The van der Waals surface area contributed by atoms with Crippen LogP contribution in [0.4, 0.5) is 5.69 Å². The van der Waals surface area contributed by atoms with Gasteiger partial charge < -0.3 is 4.74 Å². The molecule has 1 aliphatic rings. The van der Waals surface area contributed by atoms with Crippen LogP contribution in [-0.2, 0) is 9.53 Å². The molecule has 0 N–H and O–H groups in total. The fraction of sp³-hybridized carbons (Fsp3) is 0.105. The third kappa shape index (κ3) is 3.43. The third-order valence-electron chi connectivity index (χ3n) is 3.54. The van der Waals surface area contributed by atoms with Gasteiger partial charge in [-0.15, -0.1) is 0 Å². The molecule has 0 bridgehead atoms. The summed E-state index contributed by atoms with van der Waals surface area (Å²) < 4.78 is 4.87. The standard InChI is InChI=1S/C19H16N2O2/c1-23-19(22)16-13-20-18(12-11-14-7-3-2-4-8-14)21-17-10-6-5-9-15(16)17/h2-13,16H,1H3/b12-11+. The molecule has 0 radical (unpaired) electrons. The molecule has 4 heteroatoms. The van der Waals surface area contributed by atoms with Crippen LogP contribution >= 0.6 is 0 Å². The lowest BCUT2D eigenvalue weighted by Gasteiger charge is -2.10. The zero-order valence-corrected chi connectivity index (χ0v) is 12.7. The van der Waals surface area contributed by atoms with E-state index in [0.717, 1.165) is 16.8 Å². The van der Waals surface area contributed by atoms with E-state index < -0.39 is 5.92 Å². The van der Waals surface area contributed by atoms with E-state index in [9.17, 15) is 4.79 Å². The Morgan fingerprint density at radius 2 is 1.78 bits per heavy atom. The van der Waals surface area contributed by atoms with Crippen molar-refractivity contribution in [1.82, 2.24) is 0 Å². The van der Waals surface area contributed by atoms with E-state index in [4.69, 9.17) is 4.74 Å². The van der Waals surface area contributed by atoms with Crippen LogP contribution < -0.4 is 0 Å².